The predicted octanol–water partition coefficient (Wildman–Crippen LogP) is 3.53. The molecule has 0 saturated carbocycles. The fraction of sp³-hybridized carbons (Fsp3) is 0.273. The first-order valence-corrected chi connectivity index (χ1v) is 10.2. The average molecular weight is 410 g/mol. The van der Waals surface area contributed by atoms with E-state index in [-0.39, 0.29) is 11.1 Å². The number of benzene rings is 2. The number of aliphatic hydroxyl groups excluding tert-OH is 1. The highest BCUT2D eigenvalue weighted by Crippen LogP contribution is 2.32. The van der Waals surface area contributed by atoms with Gasteiger partial charge in [0.25, 0.3) is 5.24 Å². The van der Waals surface area contributed by atoms with Crippen molar-refractivity contribution in [2.75, 3.05) is 7.11 Å². The molecule has 1 fully saturated rings. The summed E-state index contributed by atoms with van der Waals surface area (Å²) in [6.45, 7) is 2.72. The molecule has 3 aromatic rings. The normalized spacial score (nSPS) is 17.7. The number of carbonyl (C=O) groups is 2. The summed E-state index contributed by atoms with van der Waals surface area (Å²) in [5, 5.41) is 12.6. The number of aromatic nitrogens is 1. The van der Waals surface area contributed by atoms with Crippen molar-refractivity contribution in [1.82, 2.24) is 9.88 Å². The number of amides is 2. The van der Waals surface area contributed by atoms with E-state index in [2.05, 4.69) is 28.9 Å². The third kappa shape index (κ3) is 3.81. The fourth-order valence-corrected chi connectivity index (χ4v) is 4.62. The molecule has 29 heavy (non-hydrogen) atoms. The zero-order valence-electron chi connectivity index (χ0n) is 16.2. The van der Waals surface area contributed by atoms with Crippen molar-refractivity contribution in [2.45, 2.75) is 31.4 Å². The lowest BCUT2D eigenvalue weighted by molar-refractivity contribution is -0.118. The Balaban J connectivity index is 1.67. The van der Waals surface area contributed by atoms with Gasteiger partial charge in [0, 0.05) is 35.8 Å². The molecule has 0 aliphatic carbocycles. The Hall–Kier alpha value is -2.61. The summed E-state index contributed by atoms with van der Waals surface area (Å²) in [7, 11) is 1.46. The lowest BCUT2D eigenvalue weighted by Gasteiger charge is -2.12. The van der Waals surface area contributed by atoms with Crippen LogP contribution in [0.5, 0.6) is 0 Å². The largest absolute Gasteiger partial charge is 0.364 e. The van der Waals surface area contributed by atoms with Gasteiger partial charge in [-0.2, -0.15) is 0 Å². The molecule has 0 bridgehead atoms. The number of nitrogens with zero attached hydrogens (tertiary/aromatic N) is 1. The van der Waals surface area contributed by atoms with Gasteiger partial charge in [-0.15, -0.1) is 0 Å². The van der Waals surface area contributed by atoms with Gasteiger partial charge < -0.3 is 14.4 Å². The second-order valence-electron chi connectivity index (χ2n) is 7.08. The smallest absolute Gasteiger partial charge is 0.286 e. The molecule has 2 aromatic carbocycles. The monoisotopic (exact) mass is 410 g/mol. The zero-order chi connectivity index (χ0) is 20.5. The Morgan fingerprint density at radius 3 is 2.55 bits per heavy atom. The SMILES string of the molecule is COC(O)c1ccc(Cn2c(C)c(CC3SC(=O)NC3=O)c3ccccc32)cc1. The highest BCUT2D eigenvalue weighted by atomic mass is 32.2. The summed E-state index contributed by atoms with van der Waals surface area (Å²) in [6, 6.07) is 15.8. The van der Waals surface area contributed by atoms with Crippen molar-refractivity contribution < 1.29 is 19.4 Å². The maximum absolute atomic E-state index is 12.1. The van der Waals surface area contributed by atoms with Crippen molar-refractivity contribution >= 4 is 33.8 Å². The number of ether oxygens (including phenoxy) is 1. The topological polar surface area (TPSA) is 80.6 Å². The van der Waals surface area contributed by atoms with Crippen molar-refractivity contribution in [1.29, 1.82) is 0 Å². The van der Waals surface area contributed by atoms with E-state index in [1.54, 1.807) is 0 Å². The minimum Gasteiger partial charge on any atom is -0.364 e. The molecule has 150 valence electrons. The lowest BCUT2D eigenvalue weighted by atomic mass is 10.1. The van der Waals surface area contributed by atoms with Crippen LogP contribution in [0.25, 0.3) is 10.9 Å². The molecule has 2 N–H and O–H groups in total. The maximum atomic E-state index is 12.1. The van der Waals surface area contributed by atoms with Crippen LogP contribution >= 0.6 is 11.8 Å². The summed E-state index contributed by atoms with van der Waals surface area (Å²) in [4.78, 5) is 23.6. The molecular formula is C22H22N2O4S. The number of aliphatic hydroxyl groups is 1. The van der Waals surface area contributed by atoms with Crippen LogP contribution in [0.2, 0.25) is 0 Å². The van der Waals surface area contributed by atoms with Gasteiger partial charge in [-0.25, -0.2) is 0 Å². The second-order valence-corrected chi connectivity index (χ2v) is 8.26. The fourth-order valence-electron chi connectivity index (χ4n) is 3.78. The van der Waals surface area contributed by atoms with Crippen molar-refractivity contribution in [2.24, 2.45) is 0 Å². The summed E-state index contributed by atoms with van der Waals surface area (Å²) in [6.07, 6.45) is -0.414. The van der Waals surface area contributed by atoms with Crippen LogP contribution in [0.3, 0.4) is 0 Å². The van der Waals surface area contributed by atoms with Crippen LogP contribution in [-0.2, 0) is 22.5 Å². The number of nitrogens with one attached hydrogen (secondary N) is 1. The van der Waals surface area contributed by atoms with Crippen LogP contribution in [0.4, 0.5) is 4.79 Å². The number of fused-ring (bicyclic) bond motifs is 1. The first-order chi connectivity index (χ1) is 14.0. The van der Waals surface area contributed by atoms with Gasteiger partial charge in [0.15, 0.2) is 6.29 Å². The summed E-state index contributed by atoms with van der Waals surface area (Å²) in [5.41, 5.74) is 5.07. The van der Waals surface area contributed by atoms with Gasteiger partial charge in [0.2, 0.25) is 5.91 Å². The number of thioether (sulfide) groups is 1. The standard InChI is InChI=1S/C22H22N2O4S/c1-13-17(11-19-20(25)23-22(27)29-19)16-5-3-4-6-18(16)24(13)12-14-7-9-15(10-8-14)21(26)28-2/h3-10,19,21,26H,11-12H2,1-2H3,(H,23,25,27). The number of para-hydroxylation sites is 1. The molecule has 1 aromatic heterocycles. The molecule has 0 spiro atoms. The summed E-state index contributed by atoms with van der Waals surface area (Å²) >= 11 is 1.06. The average Bonchev–Trinajstić information content (AvgIpc) is 3.19. The second kappa shape index (κ2) is 8.02. The molecule has 0 radical (unpaired) electrons. The molecule has 2 amide bonds. The van der Waals surface area contributed by atoms with E-state index in [9.17, 15) is 14.7 Å². The van der Waals surface area contributed by atoms with E-state index in [0.717, 1.165) is 39.5 Å². The number of rotatable bonds is 6. The number of methoxy groups -OCH3 is 1. The molecule has 2 atom stereocenters. The van der Waals surface area contributed by atoms with Gasteiger partial charge in [0.05, 0.1) is 5.25 Å². The van der Waals surface area contributed by atoms with E-state index >= 15 is 0 Å². The Morgan fingerprint density at radius 1 is 1.17 bits per heavy atom. The van der Waals surface area contributed by atoms with Crippen molar-refractivity contribution in [3.05, 3.63) is 70.9 Å². The van der Waals surface area contributed by atoms with Crippen molar-refractivity contribution in [3.63, 3.8) is 0 Å². The van der Waals surface area contributed by atoms with Gasteiger partial charge in [-0.05, 0) is 30.5 Å². The van der Waals surface area contributed by atoms with Gasteiger partial charge in [-0.3, -0.25) is 14.9 Å². The quantitative estimate of drug-likeness (QED) is 0.608. The number of hydrogen-bond acceptors (Lipinski definition) is 5. The van der Waals surface area contributed by atoms with Crippen LogP contribution in [0.1, 0.15) is 28.7 Å². The molecule has 6 nitrogen and oxygen atoms in total. The highest BCUT2D eigenvalue weighted by molar-refractivity contribution is 8.15. The number of imide groups is 1. The number of hydrogen-bond donors (Lipinski definition) is 2. The molecule has 1 aliphatic rings. The minimum absolute atomic E-state index is 0.219. The predicted molar refractivity (Wildman–Crippen MR) is 113 cm³/mol. The molecule has 2 unspecified atom stereocenters. The van der Waals surface area contributed by atoms with E-state index in [0.29, 0.717) is 18.5 Å². The first-order valence-electron chi connectivity index (χ1n) is 9.36. The Kier molecular flexibility index (Phi) is 5.45. The Labute approximate surface area is 172 Å². The highest BCUT2D eigenvalue weighted by Gasteiger charge is 2.33. The Bertz CT molecular complexity index is 1070. The minimum atomic E-state index is -0.928. The molecule has 1 saturated heterocycles. The Morgan fingerprint density at radius 2 is 1.90 bits per heavy atom. The third-order valence-electron chi connectivity index (χ3n) is 5.35. The summed E-state index contributed by atoms with van der Waals surface area (Å²) < 4.78 is 7.17. The van der Waals surface area contributed by atoms with E-state index in [1.807, 2.05) is 36.4 Å². The van der Waals surface area contributed by atoms with Crippen LogP contribution < -0.4 is 5.32 Å². The van der Waals surface area contributed by atoms with Gasteiger partial charge >= 0.3 is 0 Å². The molecule has 4 rings (SSSR count). The van der Waals surface area contributed by atoms with Crippen LogP contribution in [0, 0.1) is 6.92 Å². The first kappa shape index (κ1) is 19.7. The van der Waals surface area contributed by atoms with E-state index < -0.39 is 11.5 Å². The number of carbonyl (C=O) groups excluding carboxylic acids is 2. The van der Waals surface area contributed by atoms with Gasteiger partial charge in [-0.1, -0.05) is 54.2 Å². The van der Waals surface area contributed by atoms with Crippen LogP contribution in [-0.4, -0.2) is 33.2 Å². The molecule has 1 aliphatic heterocycles. The van der Waals surface area contributed by atoms with E-state index in [4.69, 9.17) is 4.74 Å². The zero-order valence-corrected chi connectivity index (χ0v) is 17.0. The molecular weight excluding hydrogens is 388 g/mol. The summed E-state index contributed by atoms with van der Waals surface area (Å²) in [5.74, 6) is -0.219. The van der Waals surface area contributed by atoms with E-state index in [1.165, 1.54) is 7.11 Å². The van der Waals surface area contributed by atoms with Crippen molar-refractivity contribution in [3.8, 4) is 0 Å². The van der Waals surface area contributed by atoms with Gasteiger partial charge in [0.1, 0.15) is 0 Å². The maximum Gasteiger partial charge on any atom is 0.286 e. The third-order valence-corrected chi connectivity index (χ3v) is 6.33. The molecule has 2 heterocycles. The molecule has 7 heteroatoms. The van der Waals surface area contributed by atoms with Crippen LogP contribution in [0.15, 0.2) is 48.5 Å². The lowest BCUT2D eigenvalue weighted by Crippen LogP contribution is -2.25.